The highest BCUT2D eigenvalue weighted by molar-refractivity contribution is 5.20. The van der Waals surface area contributed by atoms with E-state index in [2.05, 4.69) is 4.98 Å². The van der Waals surface area contributed by atoms with Gasteiger partial charge < -0.3 is 24.7 Å². The zero-order valence-electron chi connectivity index (χ0n) is 12.9. The minimum atomic E-state index is 0.115. The summed E-state index contributed by atoms with van der Waals surface area (Å²) in [5.41, 5.74) is 6.70. The van der Waals surface area contributed by atoms with Gasteiger partial charge in [-0.05, 0) is 19.1 Å². The summed E-state index contributed by atoms with van der Waals surface area (Å²) in [5, 5.41) is 0. The molecule has 0 radical (unpaired) electrons. The van der Waals surface area contributed by atoms with Crippen LogP contribution < -0.4 is 10.5 Å². The van der Waals surface area contributed by atoms with Crippen molar-refractivity contribution in [1.82, 2.24) is 4.98 Å². The van der Waals surface area contributed by atoms with Gasteiger partial charge >= 0.3 is 0 Å². The molecule has 6 heteroatoms. The van der Waals surface area contributed by atoms with Crippen LogP contribution in [0.3, 0.4) is 0 Å². The molecule has 1 rings (SSSR count). The van der Waals surface area contributed by atoms with Crippen molar-refractivity contribution in [2.24, 2.45) is 5.73 Å². The monoisotopic (exact) mass is 298 g/mol. The van der Waals surface area contributed by atoms with E-state index in [4.69, 9.17) is 24.7 Å². The average Bonchev–Trinajstić information content (AvgIpc) is 2.47. The van der Waals surface area contributed by atoms with Crippen LogP contribution in [0.1, 0.15) is 12.6 Å². The molecule has 1 aromatic rings. The van der Waals surface area contributed by atoms with E-state index in [1.54, 1.807) is 13.3 Å². The molecule has 0 aromatic carbocycles. The number of nitrogens with two attached hydrogens (primary N) is 1. The SMILES string of the molecule is COCCOCCOCCOc1ccc(CC(C)N)nc1. The third-order valence-electron chi connectivity index (χ3n) is 2.63. The summed E-state index contributed by atoms with van der Waals surface area (Å²) < 4.78 is 21.1. The van der Waals surface area contributed by atoms with Crippen LogP contribution in [-0.4, -0.2) is 57.8 Å². The molecule has 0 saturated carbocycles. The molecule has 120 valence electrons. The molecule has 0 spiro atoms. The Bertz CT molecular complexity index is 357. The second kappa shape index (κ2) is 11.4. The van der Waals surface area contributed by atoms with Crippen LogP contribution in [0.15, 0.2) is 18.3 Å². The largest absolute Gasteiger partial charge is 0.490 e. The lowest BCUT2D eigenvalue weighted by Gasteiger charge is -2.08. The summed E-state index contributed by atoms with van der Waals surface area (Å²) in [5.74, 6) is 0.739. The number of hydrogen-bond acceptors (Lipinski definition) is 6. The van der Waals surface area contributed by atoms with E-state index in [1.165, 1.54) is 0 Å². The van der Waals surface area contributed by atoms with Crippen LogP contribution in [0.2, 0.25) is 0 Å². The predicted octanol–water partition coefficient (Wildman–Crippen LogP) is 1.03. The van der Waals surface area contributed by atoms with Gasteiger partial charge in [0, 0.05) is 25.3 Å². The zero-order chi connectivity index (χ0) is 15.3. The maximum absolute atomic E-state index is 5.72. The lowest BCUT2D eigenvalue weighted by molar-refractivity contribution is 0.0179. The van der Waals surface area contributed by atoms with Gasteiger partial charge in [-0.2, -0.15) is 0 Å². The van der Waals surface area contributed by atoms with Crippen LogP contribution >= 0.6 is 0 Å². The fourth-order valence-corrected chi connectivity index (χ4v) is 1.63. The number of pyridine rings is 1. The van der Waals surface area contributed by atoms with Crippen molar-refractivity contribution in [3.63, 3.8) is 0 Å². The lowest BCUT2D eigenvalue weighted by Crippen LogP contribution is -2.18. The molecule has 1 atom stereocenters. The number of nitrogens with zero attached hydrogens (tertiary/aromatic N) is 1. The van der Waals surface area contributed by atoms with E-state index in [0.717, 1.165) is 17.9 Å². The van der Waals surface area contributed by atoms with E-state index in [9.17, 15) is 0 Å². The highest BCUT2D eigenvalue weighted by atomic mass is 16.6. The Morgan fingerprint density at radius 1 is 1.05 bits per heavy atom. The molecule has 0 aliphatic rings. The maximum Gasteiger partial charge on any atom is 0.137 e. The molecular weight excluding hydrogens is 272 g/mol. The molecule has 1 aromatic heterocycles. The Hall–Kier alpha value is -1.21. The van der Waals surface area contributed by atoms with Crippen LogP contribution in [0.5, 0.6) is 5.75 Å². The Balaban J connectivity index is 2.02. The Morgan fingerprint density at radius 2 is 1.71 bits per heavy atom. The van der Waals surface area contributed by atoms with E-state index < -0.39 is 0 Å². The second-order valence-electron chi connectivity index (χ2n) is 4.73. The summed E-state index contributed by atoms with van der Waals surface area (Å²) in [6.07, 6.45) is 2.48. The first-order chi connectivity index (χ1) is 10.2. The number of aromatic nitrogens is 1. The second-order valence-corrected chi connectivity index (χ2v) is 4.73. The van der Waals surface area contributed by atoms with Crippen molar-refractivity contribution in [1.29, 1.82) is 0 Å². The van der Waals surface area contributed by atoms with E-state index in [-0.39, 0.29) is 6.04 Å². The van der Waals surface area contributed by atoms with Crippen LogP contribution in [0.4, 0.5) is 0 Å². The summed E-state index contributed by atoms with van der Waals surface area (Å²) in [6, 6.07) is 3.95. The highest BCUT2D eigenvalue weighted by Gasteiger charge is 2.00. The van der Waals surface area contributed by atoms with Crippen molar-refractivity contribution in [3.05, 3.63) is 24.0 Å². The number of ether oxygens (including phenoxy) is 4. The van der Waals surface area contributed by atoms with Crippen molar-refractivity contribution < 1.29 is 18.9 Å². The lowest BCUT2D eigenvalue weighted by atomic mass is 10.2. The maximum atomic E-state index is 5.72. The van der Waals surface area contributed by atoms with Gasteiger partial charge in [-0.15, -0.1) is 0 Å². The van der Waals surface area contributed by atoms with Gasteiger partial charge in [-0.1, -0.05) is 0 Å². The minimum absolute atomic E-state index is 0.115. The van der Waals surface area contributed by atoms with E-state index in [1.807, 2.05) is 19.1 Å². The summed E-state index contributed by atoms with van der Waals surface area (Å²) >= 11 is 0. The fraction of sp³-hybridized carbons (Fsp3) is 0.667. The number of methoxy groups -OCH3 is 1. The molecule has 0 aliphatic heterocycles. The van der Waals surface area contributed by atoms with Crippen molar-refractivity contribution in [2.75, 3.05) is 46.8 Å². The topological polar surface area (TPSA) is 75.8 Å². The fourth-order valence-electron chi connectivity index (χ4n) is 1.63. The van der Waals surface area contributed by atoms with Crippen LogP contribution in [0, 0.1) is 0 Å². The van der Waals surface area contributed by atoms with Gasteiger partial charge in [-0.3, -0.25) is 4.98 Å². The molecule has 6 nitrogen and oxygen atoms in total. The number of rotatable bonds is 12. The van der Waals surface area contributed by atoms with Crippen LogP contribution in [-0.2, 0) is 20.6 Å². The van der Waals surface area contributed by atoms with Gasteiger partial charge in [0.1, 0.15) is 12.4 Å². The molecule has 0 saturated heterocycles. The first-order valence-electron chi connectivity index (χ1n) is 7.20. The van der Waals surface area contributed by atoms with Crippen molar-refractivity contribution in [2.45, 2.75) is 19.4 Å². The molecule has 21 heavy (non-hydrogen) atoms. The number of hydrogen-bond donors (Lipinski definition) is 1. The molecule has 0 amide bonds. The van der Waals surface area contributed by atoms with Gasteiger partial charge in [0.25, 0.3) is 0 Å². The quantitative estimate of drug-likeness (QED) is 0.581. The van der Waals surface area contributed by atoms with Gasteiger partial charge in [-0.25, -0.2) is 0 Å². The van der Waals surface area contributed by atoms with E-state index in [0.29, 0.717) is 39.6 Å². The molecule has 0 bridgehead atoms. The highest BCUT2D eigenvalue weighted by Crippen LogP contribution is 2.09. The Labute approximate surface area is 126 Å². The standard InChI is InChI=1S/C15H26N2O4/c1-13(16)11-14-3-4-15(12-17-14)21-10-9-20-8-7-19-6-5-18-2/h3-4,12-13H,5-11,16H2,1-2H3. The van der Waals surface area contributed by atoms with Gasteiger partial charge in [0.05, 0.1) is 39.2 Å². The molecular formula is C15H26N2O4. The third kappa shape index (κ3) is 9.36. The zero-order valence-corrected chi connectivity index (χ0v) is 12.9. The van der Waals surface area contributed by atoms with Crippen molar-refractivity contribution >= 4 is 0 Å². The minimum Gasteiger partial charge on any atom is -0.490 e. The van der Waals surface area contributed by atoms with Crippen LogP contribution in [0.25, 0.3) is 0 Å². The van der Waals surface area contributed by atoms with E-state index >= 15 is 0 Å². The Morgan fingerprint density at radius 3 is 2.29 bits per heavy atom. The van der Waals surface area contributed by atoms with Crippen molar-refractivity contribution in [3.8, 4) is 5.75 Å². The van der Waals surface area contributed by atoms with Gasteiger partial charge in [0.2, 0.25) is 0 Å². The molecule has 1 unspecified atom stereocenters. The average molecular weight is 298 g/mol. The molecule has 1 heterocycles. The summed E-state index contributed by atoms with van der Waals surface area (Å²) in [7, 11) is 1.65. The summed E-state index contributed by atoms with van der Waals surface area (Å²) in [4.78, 5) is 4.30. The first kappa shape index (κ1) is 17.8. The first-order valence-corrected chi connectivity index (χ1v) is 7.20. The smallest absolute Gasteiger partial charge is 0.137 e. The molecule has 0 aliphatic carbocycles. The molecule has 0 fully saturated rings. The third-order valence-corrected chi connectivity index (χ3v) is 2.63. The predicted molar refractivity (Wildman–Crippen MR) is 80.6 cm³/mol. The Kier molecular flexibility index (Phi) is 9.73. The van der Waals surface area contributed by atoms with Gasteiger partial charge in [0.15, 0.2) is 0 Å². The normalized spacial score (nSPS) is 12.3. The summed E-state index contributed by atoms with van der Waals surface area (Å²) in [6.45, 7) is 5.30. The molecule has 2 N–H and O–H groups in total.